The highest BCUT2D eigenvalue weighted by molar-refractivity contribution is 5.31. The molecule has 0 aromatic heterocycles. The molecule has 0 bridgehead atoms. The summed E-state index contributed by atoms with van der Waals surface area (Å²) >= 11 is 0. The molecule has 19 heavy (non-hydrogen) atoms. The zero-order chi connectivity index (χ0) is 14.1. The molecule has 0 radical (unpaired) electrons. The van der Waals surface area contributed by atoms with E-state index in [0.717, 1.165) is 12.7 Å². The van der Waals surface area contributed by atoms with Crippen molar-refractivity contribution < 1.29 is 17.9 Å². The van der Waals surface area contributed by atoms with Crippen molar-refractivity contribution in [2.24, 2.45) is 0 Å². The van der Waals surface area contributed by atoms with Crippen LogP contribution in [0.15, 0.2) is 24.3 Å². The second-order valence-electron chi connectivity index (χ2n) is 4.65. The number of ether oxygens (including phenoxy) is 1. The van der Waals surface area contributed by atoms with Crippen molar-refractivity contribution in [3.8, 4) is 6.07 Å². The Balaban J connectivity index is 1.96. The number of likely N-dealkylation sites (tertiary alicyclic amines) is 1. The fourth-order valence-corrected chi connectivity index (χ4v) is 2.15. The Morgan fingerprint density at radius 3 is 2.32 bits per heavy atom. The van der Waals surface area contributed by atoms with Crippen molar-refractivity contribution >= 4 is 0 Å². The van der Waals surface area contributed by atoms with E-state index in [-0.39, 0.29) is 13.1 Å². The van der Waals surface area contributed by atoms with Crippen molar-refractivity contribution in [2.75, 3.05) is 20.2 Å². The quantitative estimate of drug-likeness (QED) is 0.845. The number of benzene rings is 1. The molecule has 0 unspecified atom stereocenters. The first-order valence-electron chi connectivity index (χ1n) is 5.73. The number of alkyl halides is 3. The van der Waals surface area contributed by atoms with Crippen LogP contribution in [-0.4, -0.2) is 36.9 Å². The zero-order valence-corrected chi connectivity index (χ0v) is 10.4. The van der Waals surface area contributed by atoms with E-state index in [1.165, 1.54) is 0 Å². The van der Waals surface area contributed by atoms with E-state index in [2.05, 4.69) is 4.74 Å². The number of hydrogen-bond donors (Lipinski definition) is 0. The SMILES string of the molecule is COC1(C(F)(F)F)CN(Cc2ccc(C#N)cc2)C1. The standard InChI is InChI=1S/C13H13F3N2O/c1-19-12(13(14,15)16)8-18(9-12)7-11-4-2-10(6-17)3-5-11/h2-5H,7-9H2,1H3. The summed E-state index contributed by atoms with van der Waals surface area (Å²) in [5.41, 5.74) is -0.612. The van der Waals surface area contributed by atoms with Gasteiger partial charge in [0, 0.05) is 26.7 Å². The molecule has 1 aliphatic heterocycles. The molecule has 6 heteroatoms. The Bertz CT molecular complexity index is 484. The molecule has 0 saturated carbocycles. The number of nitrogens with zero attached hydrogens (tertiary/aromatic N) is 2. The van der Waals surface area contributed by atoms with Gasteiger partial charge < -0.3 is 4.74 Å². The molecule has 0 N–H and O–H groups in total. The van der Waals surface area contributed by atoms with Crippen LogP contribution in [0, 0.1) is 11.3 Å². The van der Waals surface area contributed by atoms with Crippen LogP contribution in [0.5, 0.6) is 0 Å². The van der Waals surface area contributed by atoms with E-state index in [4.69, 9.17) is 5.26 Å². The van der Waals surface area contributed by atoms with Crippen molar-refractivity contribution in [3.05, 3.63) is 35.4 Å². The van der Waals surface area contributed by atoms with Gasteiger partial charge in [-0.25, -0.2) is 0 Å². The minimum absolute atomic E-state index is 0.160. The summed E-state index contributed by atoms with van der Waals surface area (Å²) < 4.78 is 43.0. The molecular weight excluding hydrogens is 257 g/mol. The van der Waals surface area contributed by atoms with Crippen molar-refractivity contribution in [1.29, 1.82) is 5.26 Å². The minimum atomic E-state index is -4.34. The van der Waals surface area contributed by atoms with Gasteiger partial charge in [-0.3, -0.25) is 4.90 Å². The van der Waals surface area contributed by atoms with Gasteiger partial charge in [0.15, 0.2) is 5.60 Å². The molecule has 0 amide bonds. The Morgan fingerprint density at radius 2 is 1.89 bits per heavy atom. The first-order valence-corrected chi connectivity index (χ1v) is 5.73. The van der Waals surface area contributed by atoms with Gasteiger partial charge in [0.1, 0.15) is 0 Å². The summed E-state index contributed by atoms with van der Waals surface area (Å²) in [6.45, 7) is 0.104. The summed E-state index contributed by atoms with van der Waals surface area (Å²) in [5.74, 6) is 0. The van der Waals surface area contributed by atoms with Crippen LogP contribution in [0.1, 0.15) is 11.1 Å². The molecule has 1 fully saturated rings. The fraction of sp³-hybridized carbons (Fsp3) is 0.462. The zero-order valence-electron chi connectivity index (χ0n) is 10.4. The summed E-state index contributed by atoms with van der Waals surface area (Å²) in [6.07, 6.45) is -4.34. The first kappa shape index (κ1) is 13.8. The lowest BCUT2D eigenvalue weighted by atomic mass is 9.92. The topological polar surface area (TPSA) is 36.3 Å². The maximum Gasteiger partial charge on any atom is 0.419 e. The molecule has 3 nitrogen and oxygen atoms in total. The molecule has 1 aromatic rings. The maximum absolute atomic E-state index is 12.8. The van der Waals surface area contributed by atoms with Gasteiger partial charge in [-0.15, -0.1) is 0 Å². The number of rotatable bonds is 3. The predicted octanol–water partition coefficient (Wildman–Crippen LogP) is 2.32. The third-order valence-corrected chi connectivity index (χ3v) is 3.35. The van der Waals surface area contributed by atoms with Crippen LogP contribution in [0.4, 0.5) is 13.2 Å². The Hall–Kier alpha value is -1.58. The molecule has 1 heterocycles. The van der Waals surface area contributed by atoms with Gasteiger partial charge in [0.05, 0.1) is 11.6 Å². The molecule has 102 valence electrons. The van der Waals surface area contributed by atoms with Crippen LogP contribution < -0.4 is 0 Å². The number of methoxy groups -OCH3 is 1. The number of hydrogen-bond acceptors (Lipinski definition) is 3. The second kappa shape index (κ2) is 4.83. The molecule has 1 aromatic carbocycles. The van der Waals surface area contributed by atoms with Crippen LogP contribution in [0.3, 0.4) is 0 Å². The van der Waals surface area contributed by atoms with E-state index < -0.39 is 11.8 Å². The van der Waals surface area contributed by atoms with E-state index in [1.54, 1.807) is 29.2 Å². The fourth-order valence-electron chi connectivity index (χ4n) is 2.15. The molecule has 1 saturated heterocycles. The van der Waals surface area contributed by atoms with Crippen LogP contribution in [0.25, 0.3) is 0 Å². The van der Waals surface area contributed by atoms with Crippen LogP contribution in [-0.2, 0) is 11.3 Å². The monoisotopic (exact) mass is 270 g/mol. The molecule has 0 atom stereocenters. The van der Waals surface area contributed by atoms with Gasteiger partial charge in [0.2, 0.25) is 0 Å². The van der Waals surface area contributed by atoms with Crippen molar-refractivity contribution in [2.45, 2.75) is 18.3 Å². The third kappa shape index (κ3) is 2.57. The molecule has 2 rings (SSSR count). The van der Waals surface area contributed by atoms with Crippen molar-refractivity contribution in [3.63, 3.8) is 0 Å². The number of nitriles is 1. The maximum atomic E-state index is 12.8. The highest BCUT2D eigenvalue weighted by Crippen LogP contribution is 2.40. The van der Waals surface area contributed by atoms with E-state index in [9.17, 15) is 13.2 Å². The first-order chi connectivity index (χ1) is 8.90. The lowest BCUT2D eigenvalue weighted by Gasteiger charge is -2.49. The Morgan fingerprint density at radius 1 is 1.32 bits per heavy atom. The smallest absolute Gasteiger partial charge is 0.366 e. The van der Waals surface area contributed by atoms with E-state index >= 15 is 0 Å². The molecule has 0 spiro atoms. The Kier molecular flexibility index (Phi) is 3.52. The van der Waals surface area contributed by atoms with Gasteiger partial charge in [-0.2, -0.15) is 18.4 Å². The lowest BCUT2D eigenvalue weighted by Crippen LogP contribution is -2.69. The summed E-state index contributed by atoms with van der Waals surface area (Å²) in [5, 5.41) is 8.66. The third-order valence-electron chi connectivity index (χ3n) is 3.35. The number of halogens is 3. The minimum Gasteiger partial charge on any atom is -0.366 e. The largest absolute Gasteiger partial charge is 0.419 e. The summed E-state index contributed by atoms with van der Waals surface area (Å²) in [7, 11) is 1.09. The lowest BCUT2D eigenvalue weighted by molar-refractivity contribution is -0.312. The second-order valence-corrected chi connectivity index (χ2v) is 4.65. The highest BCUT2D eigenvalue weighted by atomic mass is 19.4. The van der Waals surface area contributed by atoms with E-state index in [1.807, 2.05) is 6.07 Å². The highest BCUT2D eigenvalue weighted by Gasteiger charge is 2.62. The van der Waals surface area contributed by atoms with Gasteiger partial charge in [0.25, 0.3) is 0 Å². The van der Waals surface area contributed by atoms with Gasteiger partial charge in [-0.1, -0.05) is 12.1 Å². The normalized spacial score (nSPS) is 18.7. The average Bonchev–Trinajstić information content (AvgIpc) is 2.32. The van der Waals surface area contributed by atoms with Crippen LogP contribution >= 0.6 is 0 Å². The Labute approximate surface area is 109 Å². The van der Waals surface area contributed by atoms with Gasteiger partial charge in [-0.05, 0) is 17.7 Å². The van der Waals surface area contributed by atoms with E-state index in [0.29, 0.717) is 12.1 Å². The summed E-state index contributed by atoms with van der Waals surface area (Å²) in [6, 6.07) is 8.80. The molecular formula is C13H13F3N2O. The van der Waals surface area contributed by atoms with Crippen molar-refractivity contribution in [1.82, 2.24) is 4.90 Å². The predicted molar refractivity (Wildman–Crippen MR) is 62.2 cm³/mol. The average molecular weight is 270 g/mol. The van der Waals surface area contributed by atoms with Crippen LogP contribution in [0.2, 0.25) is 0 Å². The van der Waals surface area contributed by atoms with Gasteiger partial charge >= 0.3 is 6.18 Å². The molecule has 1 aliphatic rings. The molecule has 0 aliphatic carbocycles. The summed E-state index contributed by atoms with van der Waals surface area (Å²) in [4.78, 5) is 1.67.